The minimum absolute atomic E-state index is 0.0163. The first-order valence-corrected chi connectivity index (χ1v) is 8.16. The van der Waals surface area contributed by atoms with Crippen LogP contribution in [0.25, 0.3) is 11.2 Å². The largest absolute Gasteiger partial charge is 0.398 e. The van der Waals surface area contributed by atoms with Crippen LogP contribution < -0.4 is 22.1 Å². The number of aromatic nitrogens is 5. The average molecular weight is 362 g/mol. The topological polar surface area (TPSA) is 133 Å². The molecular formula is C15H20ClN9. The number of anilines is 3. The maximum Gasteiger partial charge on any atom is 0.226 e. The average Bonchev–Trinajstić information content (AvgIpc) is 2.95. The molecule has 3 rings (SSSR count). The highest BCUT2D eigenvalue weighted by Crippen LogP contribution is 2.22. The molecule has 0 aliphatic heterocycles. The molecule has 0 amide bonds. The molecule has 9 nitrogen and oxygen atoms in total. The summed E-state index contributed by atoms with van der Waals surface area (Å²) in [7, 11) is 1.78. The first-order chi connectivity index (χ1) is 11.9. The number of hydrogen-bond donors (Lipinski definition) is 4. The van der Waals surface area contributed by atoms with E-state index >= 15 is 0 Å². The summed E-state index contributed by atoms with van der Waals surface area (Å²) >= 11 is 5.95. The van der Waals surface area contributed by atoms with Crippen molar-refractivity contribution in [1.29, 1.82) is 0 Å². The van der Waals surface area contributed by atoms with Crippen LogP contribution in [-0.4, -0.2) is 37.5 Å². The fourth-order valence-corrected chi connectivity index (χ4v) is 2.38. The Bertz CT molecular complexity index is 890. The Morgan fingerprint density at radius 3 is 2.80 bits per heavy atom. The van der Waals surface area contributed by atoms with Gasteiger partial charge in [0.2, 0.25) is 5.95 Å². The Balaban J connectivity index is 1.86. The van der Waals surface area contributed by atoms with Gasteiger partial charge in [0.1, 0.15) is 0 Å². The number of aryl methyl sites for hydroxylation is 1. The predicted molar refractivity (Wildman–Crippen MR) is 99.4 cm³/mol. The summed E-state index contributed by atoms with van der Waals surface area (Å²) in [5.74, 6) is 1.05. The van der Waals surface area contributed by atoms with Crippen molar-refractivity contribution < 1.29 is 0 Å². The van der Waals surface area contributed by atoms with E-state index in [9.17, 15) is 0 Å². The van der Waals surface area contributed by atoms with Crippen LogP contribution in [-0.2, 0) is 13.6 Å². The maximum atomic E-state index is 5.95. The quantitative estimate of drug-likeness (QED) is 0.484. The molecule has 0 saturated carbocycles. The lowest BCUT2D eigenvalue weighted by molar-refractivity contribution is 0.729. The summed E-state index contributed by atoms with van der Waals surface area (Å²) in [6.07, 6.45) is 0. The molecule has 0 spiro atoms. The highest BCUT2D eigenvalue weighted by atomic mass is 35.5. The van der Waals surface area contributed by atoms with E-state index in [0.717, 1.165) is 5.56 Å². The molecule has 1 aromatic carbocycles. The van der Waals surface area contributed by atoms with Crippen molar-refractivity contribution in [3.8, 4) is 0 Å². The van der Waals surface area contributed by atoms with Crippen molar-refractivity contribution in [3.63, 3.8) is 0 Å². The number of nitrogens with zero attached hydrogens (tertiary/aromatic N) is 5. The summed E-state index contributed by atoms with van der Waals surface area (Å²) < 4.78 is 1.60. The van der Waals surface area contributed by atoms with E-state index in [1.807, 2.05) is 19.1 Å². The third kappa shape index (κ3) is 3.89. The molecule has 1 unspecified atom stereocenters. The number of nitrogen functional groups attached to an aromatic ring is 1. The first kappa shape index (κ1) is 17.2. The lowest BCUT2D eigenvalue weighted by Gasteiger charge is -2.11. The van der Waals surface area contributed by atoms with E-state index in [1.165, 1.54) is 0 Å². The lowest BCUT2D eigenvalue weighted by Crippen LogP contribution is -2.26. The molecule has 1 atom stereocenters. The normalized spacial score (nSPS) is 12.3. The van der Waals surface area contributed by atoms with Crippen LogP contribution in [0.15, 0.2) is 18.2 Å². The zero-order chi connectivity index (χ0) is 18.0. The Hall–Kier alpha value is -2.65. The van der Waals surface area contributed by atoms with Crippen molar-refractivity contribution in [2.24, 2.45) is 12.8 Å². The summed E-state index contributed by atoms with van der Waals surface area (Å²) in [6, 6.07) is 5.47. The monoisotopic (exact) mass is 361 g/mol. The number of benzene rings is 1. The minimum atomic E-state index is -0.0163. The number of halogens is 1. The molecule has 6 N–H and O–H groups in total. The number of nitrogens with two attached hydrogens (primary N) is 2. The van der Waals surface area contributed by atoms with Gasteiger partial charge in [0, 0.05) is 26.2 Å². The van der Waals surface area contributed by atoms with E-state index in [2.05, 4.69) is 30.9 Å². The summed E-state index contributed by atoms with van der Waals surface area (Å²) in [6.45, 7) is 2.97. The molecule has 2 aromatic heterocycles. The van der Waals surface area contributed by atoms with Gasteiger partial charge in [-0.1, -0.05) is 22.9 Å². The van der Waals surface area contributed by atoms with Gasteiger partial charge in [0.25, 0.3) is 0 Å². The second-order valence-electron chi connectivity index (χ2n) is 5.85. The van der Waals surface area contributed by atoms with Gasteiger partial charge in [-0.2, -0.15) is 9.97 Å². The van der Waals surface area contributed by atoms with Gasteiger partial charge in [-0.25, -0.2) is 4.68 Å². The Morgan fingerprint density at radius 1 is 1.28 bits per heavy atom. The molecule has 2 heterocycles. The summed E-state index contributed by atoms with van der Waals surface area (Å²) in [4.78, 5) is 8.91. The molecule has 0 aliphatic carbocycles. The Morgan fingerprint density at radius 2 is 2.08 bits per heavy atom. The van der Waals surface area contributed by atoms with Gasteiger partial charge in [-0.15, -0.1) is 5.10 Å². The van der Waals surface area contributed by atoms with Crippen LogP contribution in [0.4, 0.5) is 17.5 Å². The zero-order valence-corrected chi connectivity index (χ0v) is 14.7. The van der Waals surface area contributed by atoms with E-state index in [4.69, 9.17) is 23.1 Å². The molecule has 0 bridgehead atoms. The van der Waals surface area contributed by atoms with E-state index in [0.29, 0.717) is 46.7 Å². The van der Waals surface area contributed by atoms with Crippen LogP contribution >= 0.6 is 11.6 Å². The van der Waals surface area contributed by atoms with Gasteiger partial charge >= 0.3 is 0 Å². The predicted octanol–water partition coefficient (Wildman–Crippen LogP) is 1.37. The van der Waals surface area contributed by atoms with Gasteiger partial charge < -0.3 is 22.1 Å². The van der Waals surface area contributed by atoms with Crippen LogP contribution in [0.3, 0.4) is 0 Å². The highest BCUT2D eigenvalue weighted by molar-refractivity contribution is 6.33. The van der Waals surface area contributed by atoms with E-state index < -0.39 is 0 Å². The SMILES string of the molecule is CC(N)CNc1nc(NCc2ccc(Cl)c(N)c2)c2nnn(C)c2n1. The molecular weight excluding hydrogens is 342 g/mol. The Labute approximate surface area is 149 Å². The molecule has 0 saturated heterocycles. The first-order valence-electron chi connectivity index (χ1n) is 7.78. The fourth-order valence-electron chi connectivity index (χ4n) is 2.26. The standard InChI is InChI=1S/C15H20ClN9/c1-8(17)6-20-15-21-13(12-14(22-15)25(2)24-23-12)19-7-9-3-4-10(16)11(18)5-9/h3-5,8H,6-7,17-18H2,1-2H3,(H2,19,20,21,22). The second-order valence-corrected chi connectivity index (χ2v) is 6.26. The highest BCUT2D eigenvalue weighted by Gasteiger charge is 2.13. The van der Waals surface area contributed by atoms with E-state index in [-0.39, 0.29) is 6.04 Å². The number of rotatable bonds is 6. The molecule has 3 aromatic rings. The molecule has 0 fully saturated rings. The fraction of sp³-hybridized carbons (Fsp3) is 0.333. The Kier molecular flexibility index (Phi) is 4.86. The van der Waals surface area contributed by atoms with Crippen LogP contribution in [0, 0.1) is 0 Å². The van der Waals surface area contributed by atoms with Crippen molar-refractivity contribution in [1.82, 2.24) is 25.0 Å². The van der Waals surface area contributed by atoms with Gasteiger partial charge in [-0.05, 0) is 24.6 Å². The third-order valence-corrected chi connectivity index (χ3v) is 3.90. The summed E-state index contributed by atoms with van der Waals surface area (Å²) in [5, 5.41) is 15.0. The van der Waals surface area contributed by atoms with Crippen molar-refractivity contribution in [3.05, 3.63) is 28.8 Å². The number of nitrogens with one attached hydrogen (secondary N) is 2. The van der Waals surface area contributed by atoms with Crippen molar-refractivity contribution in [2.45, 2.75) is 19.5 Å². The van der Waals surface area contributed by atoms with Crippen molar-refractivity contribution in [2.75, 3.05) is 22.9 Å². The lowest BCUT2D eigenvalue weighted by atomic mass is 10.2. The number of fused-ring (bicyclic) bond motifs is 1. The minimum Gasteiger partial charge on any atom is -0.398 e. The number of hydrogen-bond acceptors (Lipinski definition) is 8. The molecule has 25 heavy (non-hydrogen) atoms. The van der Waals surface area contributed by atoms with Crippen LogP contribution in [0.1, 0.15) is 12.5 Å². The van der Waals surface area contributed by atoms with Crippen LogP contribution in [0.5, 0.6) is 0 Å². The maximum absolute atomic E-state index is 5.95. The molecule has 0 aliphatic rings. The van der Waals surface area contributed by atoms with Gasteiger partial charge in [-0.3, -0.25) is 0 Å². The van der Waals surface area contributed by atoms with Gasteiger partial charge in [0.05, 0.1) is 10.7 Å². The van der Waals surface area contributed by atoms with E-state index in [1.54, 1.807) is 17.8 Å². The summed E-state index contributed by atoms with van der Waals surface area (Å²) in [5.41, 5.74) is 14.3. The third-order valence-electron chi connectivity index (χ3n) is 3.55. The smallest absolute Gasteiger partial charge is 0.226 e. The molecule has 10 heteroatoms. The van der Waals surface area contributed by atoms with Crippen molar-refractivity contribution >= 4 is 40.2 Å². The zero-order valence-electron chi connectivity index (χ0n) is 14.0. The second kappa shape index (κ2) is 7.08. The van der Waals surface area contributed by atoms with Gasteiger partial charge in [0.15, 0.2) is 17.0 Å². The molecule has 132 valence electrons. The van der Waals surface area contributed by atoms with Crippen LogP contribution in [0.2, 0.25) is 5.02 Å². The molecule has 0 radical (unpaired) electrons.